The van der Waals surface area contributed by atoms with Crippen molar-refractivity contribution in [3.05, 3.63) is 0 Å². The fourth-order valence-electron chi connectivity index (χ4n) is 1.92. The molecule has 15 heavy (non-hydrogen) atoms. The molecular weight excluding hydrogens is 192 g/mol. The second kappa shape index (κ2) is 6.80. The van der Waals surface area contributed by atoms with E-state index in [1.807, 2.05) is 6.92 Å². The van der Waals surface area contributed by atoms with Crippen molar-refractivity contribution in [3.8, 4) is 0 Å². The van der Waals surface area contributed by atoms with Gasteiger partial charge in [0.2, 0.25) is 5.91 Å². The van der Waals surface area contributed by atoms with E-state index in [1.54, 1.807) is 0 Å². The van der Waals surface area contributed by atoms with Gasteiger partial charge in [-0.2, -0.15) is 0 Å². The smallest absolute Gasteiger partial charge is 0.220 e. The average Bonchev–Trinajstić information content (AvgIpc) is 2.27. The summed E-state index contributed by atoms with van der Waals surface area (Å²) in [6, 6.07) is -0.0750. The van der Waals surface area contributed by atoms with Crippen LogP contribution >= 0.6 is 0 Å². The SMILES string of the molecule is CC[C@H](CO)NC(=O)CC1CCCNC1. The van der Waals surface area contributed by atoms with Crippen LogP contribution < -0.4 is 10.6 Å². The summed E-state index contributed by atoms with van der Waals surface area (Å²) in [7, 11) is 0. The van der Waals surface area contributed by atoms with Crippen LogP contribution in [0.1, 0.15) is 32.6 Å². The first-order valence-corrected chi connectivity index (χ1v) is 5.87. The van der Waals surface area contributed by atoms with Gasteiger partial charge in [0.1, 0.15) is 0 Å². The molecule has 0 saturated carbocycles. The molecule has 1 saturated heterocycles. The first-order valence-electron chi connectivity index (χ1n) is 5.87. The third kappa shape index (κ3) is 4.62. The van der Waals surface area contributed by atoms with Crippen LogP contribution in [0.2, 0.25) is 0 Å². The normalized spacial score (nSPS) is 23.5. The Hall–Kier alpha value is -0.610. The van der Waals surface area contributed by atoms with E-state index in [1.165, 1.54) is 0 Å². The van der Waals surface area contributed by atoms with Crippen LogP contribution in [0.3, 0.4) is 0 Å². The molecule has 1 aliphatic rings. The minimum absolute atomic E-state index is 0.0329. The molecule has 0 aliphatic carbocycles. The Labute approximate surface area is 91.4 Å². The van der Waals surface area contributed by atoms with E-state index in [4.69, 9.17) is 5.11 Å². The van der Waals surface area contributed by atoms with Crippen molar-refractivity contribution >= 4 is 5.91 Å². The van der Waals surface area contributed by atoms with Gasteiger partial charge in [-0.3, -0.25) is 4.79 Å². The van der Waals surface area contributed by atoms with Crippen LogP contribution in [0.5, 0.6) is 0 Å². The number of rotatable bonds is 5. The van der Waals surface area contributed by atoms with Gasteiger partial charge in [0.05, 0.1) is 12.6 Å². The molecule has 88 valence electrons. The summed E-state index contributed by atoms with van der Waals surface area (Å²) < 4.78 is 0. The zero-order valence-corrected chi connectivity index (χ0v) is 9.46. The zero-order chi connectivity index (χ0) is 11.1. The van der Waals surface area contributed by atoms with Crippen molar-refractivity contribution in [2.24, 2.45) is 5.92 Å². The van der Waals surface area contributed by atoms with Crippen LogP contribution in [0.15, 0.2) is 0 Å². The molecule has 1 heterocycles. The summed E-state index contributed by atoms with van der Waals surface area (Å²) in [6.45, 7) is 4.02. The Morgan fingerprint density at radius 1 is 1.67 bits per heavy atom. The van der Waals surface area contributed by atoms with E-state index in [0.29, 0.717) is 12.3 Å². The van der Waals surface area contributed by atoms with Gasteiger partial charge in [-0.1, -0.05) is 6.92 Å². The van der Waals surface area contributed by atoms with Crippen LogP contribution in [-0.4, -0.2) is 36.8 Å². The lowest BCUT2D eigenvalue weighted by Crippen LogP contribution is -2.39. The third-order valence-electron chi connectivity index (χ3n) is 2.95. The minimum atomic E-state index is -0.0750. The molecule has 0 aromatic carbocycles. The van der Waals surface area contributed by atoms with Crippen LogP contribution in [0.25, 0.3) is 0 Å². The van der Waals surface area contributed by atoms with E-state index in [-0.39, 0.29) is 18.6 Å². The Morgan fingerprint density at radius 3 is 3.00 bits per heavy atom. The average molecular weight is 214 g/mol. The van der Waals surface area contributed by atoms with Crippen molar-refractivity contribution in [1.29, 1.82) is 0 Å². The quantitative estimate of drug-likeness (QED) is 0.615. The summed E-state index contributed by atoms with van der Waals surface area (Å²) in [4.78, 5) is 11.6. The Morgan fingerprint density at radius 2 is 2.47 bits per heavy atom. The summed E-state index contributed by atoms with van der Waals surface area (Å²) in [6.07, 6.45) is 3.67. The predicted octanol–water partition coefficient (Wildman–Crippen LogP) is 0.263. The maximum Gasteiger partial charge on any atom is 0.220 e. The number of carbonyl (C=O) groups is 1. The number of hydrogen-bond acceptors (Lipinski definition) is 3. The molecule has 0 aromatic rings. The first kappa shape index (κ1) is 12.5. The summed E-state index contributed by atoms with van der Waals surface area (Å²) in [5.74, 6) is 0.541. The summed E-state index contributed by atoms with van der Waals surface area (Å²) in [5.41, 5.74) is 0. The fourth-order valence-corrected chi connectivity index (χ4v) is 1.92. The van der Waals surface area contributed by atoms with Crippen molar-refractivity contribution in [2.75, 3.05) is 19.7 Å². The maximum absolute atomic E-state index is 11.6. The molecule has 0 bridgehead atoms. The van der Waals surface area contributed by atoms with Crippen molar-refractivity contribution in [1.82, 2.24) is 10.6 Å². The number of aliphatic hydroxyl groups excluding tert-OH is 1. The number of amides is 1. The topological polar surface area (TPSA) is 61.4 Å². The summed E-state index contributed by atoms with van der Waals surface area (Å²) in [5, 5.41) is 15.1. The van der Waals surface area contributed by atoms with Crippen molar-refractivity contribution < 1.29 is 9.90 Å². The first-order chi connectivity index (χ1) is 7.26. The lowest BCUT2D eigenvalue weighted by atomic mass is 9.96. The number of piperidine rings is 1. The Kier molecular flexibility index (Phi) is 5.65. The van der Waals surface area contributed by atoms with Crippen molar-refractivity contribution in [2.45, 2.75) is 38.6 Å². The van der Waals surface area contributed by atoms with Gasteiger partial charge in [-0.05, 0) is 38.3 Å². The second-order valence-electron chi connectivity index (χ2n) is 4.27. The monoisotopic (exact) mass is 214 g/mol. The third-order valence-corrected chi connectivity index (χ3v) is 2.95. The zero-order valence-electron chi connectivity index (χ0n) is 9.46. The second-order valence-corrected chi connectivity index (χ2v) is 4.27. The number of carbonyl (C=O) groups excluding carboxylic acids is 1. The Bertz CT molecular complexity index is 187. The molecule has 1 amide bonds. The number of aliphatic hydroxyl groups is 1. The van der Waals surface area contributed by atoms with Gasteiger partial charge in [-0.25, -0.2) is 0 Å². The molecule has 0 spiro atoms. The van der Waals surface area contributed by atoms with E-state index < -0.39 is 0 Å². The number of nitrogens with one attached hydrogen (secondary N) is 2. The standard InChI is InChI=1S/C11H22N2O2/c1-2-10(8-14)13-11(15)6-9-4-3-5-12-7-9/h9-10,12,14H,2-8H2,1H3,(H,13,15)/t9?,10-/m1/s1. The molecule has 1 aliphatic heterocycles. The summed E-state index contributed by atoms with van der Waals surface area (Å²) >= 11 is 0. The molecule has 3 N–H and O–H groups in total. The molecule has 0 radical (unpaired) electrons. The van der Waals surface area contributed by atoms with Gasteiger partial charge in [-0.15, -0.1) is 0 Å². The van der Waals surface area contributed by atoms with E-state index in [9.17, 15) is 4.79 Å². The lowest BCUT2D eigenvalue weighted by molar-refractivity contribution is -0.123. The molecule has 1 fully saturated rings. The fraction of sp³-hybridized carbons (Fsp3) is 0.909. The van der Waals surface area contributed by atoms with Crippen molar-refractivity contribution in [3.63, 3.8) is 0 Å². The largest absolute Gasteiger partial charge is 0.394 e. The van der Waals surface area contributed by atoms with E-state index in [2.05, 4.69) is 10.6 Å². The molecular formula is C11H22N2O2. The molecule has 0 aromatic heterocycles. The maximum atomic E-state index is 11.6. The highest BCUT2D eigenvalue weighted by atomic mass is 16.3. The van der Waals surface area contributed by atoms with Gasteiger partial charge in [0.25, 0.3) is 0 Å². The lowest BCUT2D eigenvalue weighted by Gasteiger charge is -2.23. The van der Waals surface area contributed by atoms with E-state index >= 15 is 0 Å². The van der Waals surface area contributed by atoms with E-state index in [0.717, 1.165) is 32.4 Å². The highest BCUT2D eigenvalue weighted by molar-refractivity contribution is 5.76. The van der Waals surface area contributed by atoms with Crippen LogP contribution in [0, 0.1) is 5.92 Å². The van der Waals surface area contributed by atoms with Gasteiger partial charge in [0.15, 0.2) is 0 Å². The molecule has 4 heteroatoms. The molecule has 4 nitrogen and oxygen atoms in total. The Balaban J connectivity index is 2.21. The molecule has 1 rings (SSSR count). The van der Waals surface area contributed by atoms with Gasteiger partial charge < -0.3 is 15.7 Å². The number of hydrogen-bond donors (Lipinski definition) is 3. The minimum Gasteiger partial charge on any atom is -0.394 e. The van der Waals surface area contributed by atoms with Gasteiger partial charge >= 0.3 is 0 Å². The van der Waals surface area contributed by atoms with Crippen LogP contribution in [-0.2, 0) is 4.79 Å². The van der Waals surface area contributed by atoms with Crippen LogP contribution in [0.4, 0.5) is 0 Å². The predicted molar refractivity (Wildman–Crippen MR) is 59.5 cm³/mol. The molecule has 1 unspecified atom stereocenters. The van der Waals surface area contributed by atoms with Gasteiger partial charge in [0, 0.05) is 6.42 Å². The highest BCUT2D eigenvalue weighted by Gasteiger charge is 2.17. The molecule has 2 atom stereocenters. The highest BCUT2D eigenvalue weighted by Crippen LogP contribution is 2.13.